The zero-order valence-corrected chi connectivity index (χ0v) is 64.5. The smallest absolute Gasteiger partial charge is 0.0713 e. The van der Waals surface area contributed by atoms with Gasteiger partial charge in [-0.05, 0) is 240 Å². The summed E-state index contributed by atoms with van der Waals surface area (Å²) in [5.41, 5.74) is 39.9. The Kier molecular flexibility index (Phi) is 15.5. The van der Waals surface area contributed by atoms with Crippen LogP contribution in [0.3, 0.4) is 0 Å². The number of fused-ring (bicyclic) bond motifs is 16. The van der Waals surface area contributed by atoms with Crippen molar-refractivity contribution in [3.05, 3.63) is 478 Å². The summed E-state index contributed by atoms with van der Waals surface area (Å²) in [7, 11) is 0. The van der Waals surface area contributed by atoms with Crippen molar-refractivity contribution in [2.75, 3.05) is 9.80 Å². The Balaban J connectivity index is 0.000000143. The van der Waals surface area contributed by atoms with E-state index >= 15 is 0 Å². The van der Waals surface area contributed by atoms with Gasteiger partial charge in [-0.15, -0.1) is 0 Å². The third kappa shape index (κ3) is 10.2. The maximum absolute atomic E-state index is 2.55. The van der Waals surface area contributed by atoms with Crippen molar-refractivity contribution >= 4 is 44.9 Å². The fourth-order valence-corrected chi connectivity index (χ4v) is 20.7. The van der Waals surface area contributed by atoms with E-state index in [1.165, 1.54) is 155 Å². The Morgan fingerprint density at radius 2 is 0.416 bits per heavy atom. The summed E-state index contributed by atoms with van der Waals surface area (Å²) < 4.78 is 0. The highest BCUT2D eigenvalue weighted by Crippen LogP contribution is 2.62. The molecule has 2 heteroatoms. The molecule has 0 bridgehead atoms. The topological polar surface area (TPSA) is 6.48 Å². The second-order valence-electron chi connectivity index (χ2n) is 33.0. The van der Waals surface area contributed by atoms with Crippen LogP contribution in [0.2, 0.25) is 0 Å². The lowest BCUT2D eigenvalue weighted by atomic mass is 9.66. The van der Waals surface area contributed by atoms with Crippen molar-refractivity contribution < 1.29 is 0 Å². The molecule has 538 valence electrons. The van der Waals surface area contributed by atoms with E-state index < -0.39 is 10.8 Å². The minimum Gasteiger partial charge on any atom is -0.311 e. The molecule has 5 aliphatic rings. The molecular formula is C111H84N2. The summed E-state index contributed by atoms with van der Waals surface area (Å²) in [5, 5.41) is 2.59. The van der Waals surface area contributed by atoms with Gasteiger partial charge in [0.25, 0.3) is 0 Å². The first-order chi connectivity index (χ1) is 55.3. The molecule has 113 heavy (non-hydrogen) atoms. The van der Waals surface area contributed by atoms with Crippen molar-refractivity contribution in [3.63, 3.8) is 0 Å². The number of rotatable bonds is 11. The summed E-state index contributed by atoms with van der Waals surface area (Å²) in [5.74, 6) is 0. The Labute approximate surface area is 663 Å². The highest BCUT2D eigenvalue weighted by atomic mass is 15.1. The van der Waals surface area contributed by atoms with Crippen molar-refractivity contribution in [3.8, 4) is 66.8 Å². The summed E-state index contributed by atoms with van der Waals surface area (Å²) in [4.78, 5) is 4.78. The van der Waals surface area contributed by atoms with E-state index in [2.05, 4.69) is 452 Å². The summed E-state index contributed by atoms with van der Waals surface area (Å²) >= 11 is 0. The van der Waals surface area contributed by atoms with Gasteiger partial charge in [0.05, 0.1) is 10.8 Å². The minimum atomic E-state index is -0.517. The fourth-order valence-electron chi connectivity index (χ4n) is 20.7. The molecule has 0 radical (unpaired) electrons. The lowest BCUT2D eigenvalue weighted by Crippen LogP contribution is -2.29. The van der Waals surface area contributed by atoms with Gasteiger partial charge in [0, 0.05) is 50.4 Å². The Hall–Kier alpha value is -13.4. The number of anilines is 6. The second kappa shape index (κ2) is 25.9. The van der Waals surface area contributed by atoms with E-state index in [9.17, 15) is 0 Å². The molecule has 22 rings (SSSR count). The maximum atomic E-state index is 2.55. The van der Waals surface area contributed by atoms with E-state index in [1.54, 1.807) is 0 Å². The van der Waals surface area contributed by atoms with Crippen LogP contribution in [0.5, 0.6) is 0 Å². The molecule has 0 unspecified atom stereocenters. The van der Waals surface area contributed by atoms with E-state index in [4.69, 9.17) is 0 Å². The average Bonchev–Trinajstić information content (AvgIpc) is 1.54. The normalized spacial score (nSPS) is 14.8. The largest absolute Gasteiger partial charge is 0.311 e. The average molecular weight is 1450 g/mol. The molecule has 0 fully saturated rings. The summed E-state index contributed by atoms with van der Waals surface area (Å²) in [6.07, 6.45) is 0. The predicted octanol–water partition coefficient (Wildman–Crippen LogP) is 28.8. The molecule has 0 amide bonds. The molecule has 5 aliphatic carbocycles. The van der Waals surface area contributed by atoms with Crippen LogP contribution in [-0.4, -0.2) is 0 Å². The highest BCUT2D eigenvalue weighted by Gasteiger charge is 2.50. The van der Waals surface area contributed by atoms with E-state index in [0.29, 0.717) is 0 Å². The predicted molar refractivity (Wildman–Crippen MR) is 472 cm³/mol. The fraction of sp³-hybridized carbons (Fsp3) is 0.0991. The molecule has 0 N–H and O–H groups in total. The van der Waals surface area contributed by atoms with Crippen LogP contribution in [0, 0.1) is 0 Å². The maximum Gasteiger partial charge on any atom is 0.0713 e. The van der Waals surface area contributed by atoms with Gasteiger partial charge in [0.2, 0.25) is 0 Å². The van der Waals surface area contributed by atoms with Gasteiger partial charge < -0.3 is 9.80 Å². The molecular weight excluding hydrogens is 1360 g/mol. The summed E-state index contributed by atoms with van der Waals surface area (Å²) in [6.45, 7) is 14.3. The lowest BCUT2D eigenvalue weighted by molar-refractivity contribution is 0.655. The molecule has 0 atom stereocenters. The number of nitrogens with zero attached hydrogens (tertiary/aromatic N) is 2. The van der Waals surface area contributed by atoms with Crippen molar-refractivity contribution in [1.82, 2.24) is 0 Å². The van der Waals surface area contributed by atoms with Crippen LogP contribution >= 0.6 is 0 Å². The first-order valence-electron chi connectivity index (χ1n) is 39.9. The number of benzene rings is 17. The number of hydrogen-bond acceptors (Lipinski definition) is 2. The van der Waals surface area contributed by atoms with Gasteiger partial charge in [-0.2, -0.15) is 0 Å². The van der Waals surface area contributed by atoms with Gasteiger partial charge in [0.1, 0.15) is 0 Å². The SMILES string of the molecule is CC1(C)c2ccccc2-c2ccc(C3(c4ccc(N(c5ccccc5)c5ccc(-c6ccccc6)cc5)cc4)c4ccccc4-c4ccccc43)cc21.CC1(C)c2ccccc2-c2ccc(N(c3ccccc3)c3ccc(C4(c5ccc6c(c5)C(C)(C)c5cc7ccccc7cc5-6)c5ccccc5-c5ccccc54)cc3)cc21. The molecule has 0 saturated heterocycles. The highest BCUT2D eigenvalue weighted by molar-refractivity contribution is 5.96. The number of hydrogen-bond donors (Lipinski definition) is 0. The Morgan fingerprint density at radius 3 is 0.841 bits per heavy atom. The van der Waals surface area contributed by atoms with Crippen LogP contribution in [0.25, 0.3) is 77.5 Å². The molecule has 17 aromatic carbocycles. The van der Waals surface area contributed by atoms with E-state index in [-0.39, 0.29) is 16.2 Å². The van der Waals surface area contributed by atoms with Gasteiger partial charge in [0.15, 0.2) is 0 Å². The van der Waals surface area contributed by atoms with E-state index in [0.717, 1.165) is 34.1 Å². The monoisotopic (exact) mass is 1440 g/mol. The van der Waals surface area contributed by atoms with Crippen molar-refractivity contribution in [2.45, 2.75) is 68.6 Å². The van der Waals surface area contributed by atoms with Crippen molar-refractivity contribution in [2.24, 2.45) is 0 Å². The Bertz CT molecular complexity index is 6530. The van der Waals surface area contributed by atoms with Gasteiger partial charge in [-0.25, -0.2) is 0 Å². The first-order valence-corrected chi connectivity index (χ1v) is 39.9. The second-order valence-corrected chi connectivity index (χ2v) is 33.0. The van der Waals surface area contributed by atoms with Gasteiger partial charge in [-0.3, -0.25) is 0 Å². The molecule has 2 nitrogen and oxygen atoms in total. The van der Waals surface area contributed by atoms with Crippen LogP contribution in [0.4, 0.5) is 34.1 Å². The third-order valence-corrected chi connectivity index (χ3v) is 26.1. The lowest BCUT2D eigenvalue weighted by Gasteiger charge is -2.35. The van der Waals surface area contributed by atoms with E-state index in [1.807, 2.05) is 0 Å². The van der Waals surface area contributed by atoms with Crippen LogP contribution in [0.15, 0.2) is 400 Å². The molecule has 17 aromatic rings. The summed E-state index contributed by atoms with van der Waals surface area (Å²) in [6, 6.07) is 149. The zero-order valence-electron chi connectivity index (χ0n) is 64.5. The van der Waals surface area contributed by atoms with Crippen molar-refractivity contribution in [1.29, 1.82) is 0 Å². The Morgan fingerprint density at radius 1 is 0.159 bits per heavy atom. The zero-order chi connectivity index (χ0) is 76.0. The van der Waals surface area contributed by atoms with Gasteiger partial charge in [-0.1, -0.05) is 357 Å². The quantitative estimate of drug-likeness (QED) is 0.127. The standard InChI is InChI=1S/C59H45N.C52H39N/c1-57(2)51-23-13-10-20-45(51)48-33-31-44(37-56(48)57)60(42-18-6-5-7-19-42)43-29-26-40(27-30-43)59(52-24-14-11-21-46(52)47-22-12-15-25-53(47)59)41-28-32-49-50-34-38-16-8-9-17-39(38)35-54(50)58(3,4)55(49)36-41;1-51(2)47-22-12-9-19-43(47)46-34-29-39(35-50(46)51)52(48-23-13-10-20-44(48)45-21-11-14-24-49(45)52)38-27-32-42(33-28-38)53(40-17-7-4-8-18-40)41-30-25-37(26-31-41)36-15-5-3-6-16-36/h5-37H,1-4H3;3-35H,1-2H3. The molecule has 0 aliphatic heterocycles. The van der Waals surface area contributed by atoms with Crippen LogP contribution in [-0.2, 0) is 27.1 Å². The van der Waals surface area contributed by atoms with Gasteiger partial charge >= 0.3 is 0 Å². The molecule has 0 spiro atoms. The number of para-hydroxylation sites is 2. The third-order valence-electron chi connectivity index (χ3n) is 26.1. The van der Waals surface area contributed by atoms with Crippen LogP contribution in [0.1, 0.15) is 119 Å². The molecule has 0 heterocycles. The first kappa shape index (κ1) is 67.7. The van der Waals surface area contributed by atoms with Crippen LogP contribution < -0.4 is 9.80 Å². The minimum absolute atomic E-state index is 0.0942. The molecule has 0 saturated carbocycles. The molecule has 0 aromatic heterocycles.